The second kappa shape index (κ2) is 32.5. The number of hydrogen-bond donors (Lipinski definition) is 0. The van der Waals surface area contributed by atoms with E-state index in [0.717, 1.165) is 50.1 Å². The summed E-state index contributed by atoms with van der Waals surface area (Å²) in [5.74, 6) is 0.773. The summed E-state index contributed by atoms with van der Waals surface area (Å²) < 4.78 is 39.9. The molecule has 0 bridgehead atoms. The molecule has 3 heteroatoms. The Kier molecular flexibility index (Phi) is 29.6. The Hall–Kier alpha value is -5.67. The summed E-state index contributed by atoms with van der Waals surface area (Å²) in [6, 6.07) is 29.4. The van der Waals surface area contributed by atoms with Crippen LogP contribution >= 0.6 is 0 Å². The molecule has 0 saturated carbocycles. The largest absolute Gasteiger partial charge is 0.207 e. The van der Waals surface area contributed by atoms with E-state index in [1.165, 1.54) is 89.0 Å². The molecule has 0 aliphatic rings. The Balaban J connectivity index is 0.000000502. The average Bonchev–Trinajstić information content (AvgIpc) is 3.37. The molecule has 0 aromatic heterocycles. The van der Waals surface area contributed by atoms with Crippen molar-refractivity contribution in [2.45, 2.75) is 276 Å². The van der Waals surface area contributed by atoms with Crippen LogP contribution in [0, 0.1) is 149 Å². The fourth-order valence-electron chi connectivity index (χ4n) is 9.27. The molecule has 0 N–H and O–H groups in total. The van der Waals surface area contributed by atoms with Crippen LogP contribution in [0.2, 0.25) is 0 Å². The van der Waals surface area contributed by atoms with Crippen LogP contribution in [0.1, 0.15) is 262 Å². The van der Waals surface area contributed by atoms with Gasteiger partial charge < -0.3 is 0 Å². The highest BCUT2D eigenvalue weighted by Gasteiger charge is 2.19. The molecular weight excluding hydrogens is 1050 g/mol. The van der Waals surface area contributed by atoms with Crippen molar-refractivity contribution in [2.75, 3.05) is 0 Å². The first kappa shape index (κ1) is 78.3. The zero-order valence-electron chi connectivity index (χ0n) is 61.4. The molecule has 7 aromatic carbocycles. The maximum atomic E-state index is 13.4. The summed E-state index contributed by atoms with van der Waals surface area (Å²) in [5.41, 5.74) is 31.8. The molecule has 0 aliphatic carbocycles. The second-order valence-electron chi connectivity index (χ2n) is 29.8. The van der Waals surface area contributed by atoms with E-state index >= 15 is 0 Å². The van der Waals surface area contributed by atoms with Gasteiger partial charge in [0.25, 0.3) is 0 Å². The van der Waals surface area contributed by atoms with Gasteiger partial charge in [0, 0.05) is 0 Å². The highest BCUT2D eigenvalue weighted by atomic mass is 19.1. The average molecular weight is 1180 g/mol. The lowest BCUT2D eigenvalue weighted by atomic mass is 9.84. The molecule has 0 nitrogen and oxygen atoms in total. The maximum Gasteiger partial charge on any atom is 0.126 e. The molecule has 474 valence electrons. The van der Waals surface area contributed by atoms with Crippen molar-refractivity contribution in [1.82, 2.24) is 0 Å². The number of halogens is 3. The fourth-order valence-corrected chi connectivity index (χ4v) is 9.27. The third-order valence-electron chi connectivity index (χ3n) is 17.5. The first-order valence-corrected chi connectivity index (χ1v) is 31.5. The zero-order chi connectivity index (χ0) is 67.2. The van der Waals surface area contributed by atoms with E-state index in [1.807, 2.05) is 41.5 Å². The van der Waals surface area contributed by atoms with Crippen LogP contribution in [0.15, 0.2) is 84.9 Å². The Labute approximate surface area is 527 Å². The van der Waals surface area contributed by atoms with Gasteiger partial charge in [-0.1, -0.05) is 183 Å². The second-order valence-corrected chi connectivity index (χ2v) is 29.8. The van der Waals surface area contributed by atoms with Crippen molar-refractivity contribution in [2.24, 2.45) is 0 Å². The molecule has 7 rings (SSSR count). The summed E-state index contributed by atoms with van der Waals surface area (Å²) in [7, 11) is 0. The Morgan fingerprint density at radius 1 is 0.221 bits per heavy atom. The minimum Gasteiger partial charge on any atom is -0.207 e. The van der Waals surface area contributed by atoms with Gasteiger partial charge in [0.1, 0.15) is 17.5 Å². The van der Waals surface area contributed by atoms with E-state index in [-0.39, 0.29) is 39.1 Å². The Bertz CT molecular complexity index is 2850. The summed E-state index contributed by atoms with van der Waals surface area (Å²) in [6.45, 7) is 74.4. The van der Waals surface area contributed by atoms with Crippen molar-refractivity contribution in [3.8, 4) is 0 Å². The monoisotopic (exact) mass is 1170 g/mol. The summed E-state index contributed by atoms with van der Waals surface area (Å²) in [5, 5.41) is 0. The van der Waals surface area contributed by atoms with Gasteiger partial charge in [-0.25, -0.2) is 13.2 Å². The third-order valence-corrected chi connectivity index (χ3v) is 17.5. The van der Waals surface area contributed by atoms with E-state index in [9.17, 15) is 13.2 Å². The van der Waals surface area contributed by atoms with Gasteiger partial charge in [0.05, 0.1) is 0 Å². The first-order valence-electron chi connectivity index (χ1n) is 31.5. The lowest BCUT2D eigenvalue weighted by molar-refractivity contribution is 0.567. The van der Waals surface area contributed by atoms with Gasteiger partial charge in [0.15, 0.2) is 0 Å². The normalized spacial score (nSPS) is 11.3. The quantitative estimate of drug-likeness (QED) is 0.162. The molecule has 0 heterocycles. The molecule has 0 unspecified atom stereocenters. The Morgan fingerprint density at radius 2 is 0.384 bits per heavy atom. The summed E-state index contributed by atoms with van der Waals surface area (Å²) in [6.07, 6.45) is 0. The summed E-state index contributed by atoms with van der Waals surface area (Å²) >= 11 is 0. The first-order chi connectivity index (χ1) is 38.9. The topological polar surface area (TPSA) is 0 Å². The molecule has 0 amide bonds. The molecule has 86 heavy (non-hydrogen) atoms. The van der Waals surface area contributed by atoms with Gasteiger partial charge in [-0.15, -0.1) is 0 Å². The van der Waals surface area contributed by atoms with Crippen LogP contribution in [-0.2, 0) is 21.7 Å². The number of aryl methyl sites for hydroxylation is 12. The molecule has 0 atom stereocenters. The van der Waals surface area contributed by atoms with Crippen molar-refractivity contribution >= 4 is 0 Å². The van der Waals surface area contributed by atoms with E-state index in [2.05, 4.69) is 268 Å². The highest BCUT2D eigenvalue weighted by Crippen LogP contribution is 2.30. The van der Waals surface area contributed by atoms with Crippen LogP contribution < -0.4 is 0 Å². The van der Waals surface area contributed by atoms with Gasteiger partial charge >= 0.3 is 0 Å². The van der Waals surface area contributed by atoms with Crippen molar-refractivity contribution in [3.63, 3.8) is 0 Å². The number of hydrogen-bond acceptors (Lipinski definition) is 0. The highest BCUT2D eigenvalue weighted by molar-refractivity contribution is 5.42. The van der Waals surface area contributed by atoms with Crippen LogP contribution in [-0.4, -0.2) is 0 Å². The molecule has 0 fully saturated rings. The van der Waals surface area contributed by atoms with Crippen LogP contribution in [0.25, 0.3) is 0 Å². The SMILES string of the molecule is Cc1cc(C(C)(C)C)cc(C)c1C.Cc1cc(C(C)(C)C)cc(C)c1C.Cc1cc(C(C)(C)C)cc(F)c1C.Cc1cc(C(C)(C)C)cc(F)c1C.Cc1cc(C(C)C)cc(C)c1C.Cc1cc(C(C)C)cc(F)c1C.Cc1cc(C)c(C)c(C)c1. The smallest absolute Gasteiger partial charge is 0.126 e. The third kappa shape index (κ3) is 24.5. The molecule has 0 radical (unpaired) electrons. The molecule has 0 spiro atoms. The van der Waals surface area contributed by atoms with E-state index in [0.29, 0.717) is 11.8 Å². The number of rotatable bonds is 2. The predicted molar refractivity (Wildman–Crippen MR) is 378 cm³/mol. The van der Waals surface area contributed by atoms with Crippen LogP contribution in [0.4, 0.5) is 13.2 Å². The van der Waals surface area contributed by atoms with Crippen molar-refractivity contribution in [1.29, 1.82) is 0 Å². The minimum absolute atomic E-state index is 0.0271. The maximum absolute atomic E-state index is 13.4. The van der Waals surface area contributed by atoms with Gasteiger partial charge in [-0.2, -0.15) is 0 Å². The minimum atomic E-state index is -0.0927. The van der Waals surface area contributed by atoms with Crippen molar-refractivity contribution in [3.05, 3.63) is 241 Å². The fraction of sp³-hybridized carbons (Fsp3) is 0.494. The van der Waals surface area contributed by atoms with Crippen LogP contribution in [0.5, 0.6) is 0 Å². The lowest BCUT2D eigenvalue weighted by Gasteiger charge is -2.21. The molecular formula is C83H121F3. The zero-order valence-corrected chi connectivity index (χ0v) is 61.4. The van der Waals surface area contributed by atoms with Crippen molar-refractivity contribution < 1.29 is 13.2 Å². The van der Waals surface area contributed by atoms with E-state index < -0.39 is 0 Å². The number of benzene rings is 7. The lowest BCUT2D eigenvalue weighted by Crippen LogP contribution is -2.12. The summed E-state index contributed by atoms with van der Waals surface area (Å²) in [4.78, 5) is 0. The standard InChI is InChI=1S/2C13H20.2C12H17F.C12H18.C11H15F.C10H14/c2*1-9-7-12(13(4,5)6)8-10(2)11(9)3;2*1-8-6-10(12(3,4)5)7-11(13)9(8)2;1-8(2)12-6-9(3)11(5)10(4)7-12;1-7(2)10-5-8(3)9(4)11(12)6-10;1-7-5-8(2)10(4)9(3)6-7/h2*7-8H,1-6H3;2*6-7H,1-5H3;6-8H,1-5H3;5-7H,1-4H3;5-6H,1-4H3. The van der Waals surface area contributed by atoms with Gasteiger partial charge in [0.2, 0.25) is 0 Å². The van der Waals surface area contributed by atoms with Gasteiger partial charge in [-0.3, -0.25) is 0 Å². The molecule has 0 aliphatic heterocycles. The van der Waals surface area contributed by atoms with Gasteiger partial charge in [-0.05, 0) is 317 Å². The molecule has 0 saturated heterocycles. The van der Waals surface area contributed by atoms with E-state index in [4.69, 9.17) is 0 Å². The van der Waals surface area contributed by atoms with Crippen LogP contribution in [0.3, 0.4) is 0 Å². The van der Waals surface area contributed by atoms with E-state index in [1.54, 1.807) is 18.2 Å². The Morgan fingerprint density at radius 3 is 0.581 bits per heavy atom. The predicted octanol–water partition coefficient (Wildman–Crippen LogP) is 25.5. The molecule has 7 aromatic rings.